The minimum atomic E-state index is 1.04. The number of hydrogen-bond acceptors (Lipinski definition) is 2. The normalized spacial score (nSPS) is 16.0. The molecule has 1 aliphatic carbocycles. The molecule has 2 rings (SSSR count). The molecule has 2 heteroatoms. The van der Waals surface area contributed by atoms with Crippen molar-refractivity contribution >= 4 is 17.5 Å². The summed E-state index contributed by atoms with van der Waals surface area (Å²) in [6, 6.07) is 6.55. The summed E-state index contributed by atoms with van der Waals surface area (Å²) in [4.78, 5) is 1.04. The molecule has 0 aliphatic heterocycles. The van der Waals surface area contributed by atoms with Crippen LogP contribution in [0.5, 0.6) is 0 Å². The Morgan fingerprint density at radius 2 is 2.13 bits per heavy atom. The van der Waals surface area contributed by atoms with Gasteiger partial charge in [-0.2, -0.15) is 0 Å². The van der Waals surface area contributed by atoms with Gasteiger partial charge >= 0.3 is 0 Å². The van der Waals surface area contributed by atoms with Crippen LogP contribution in [0.4, 0.5) is 0 Å². The molecule has 1 aromatic rings. The summed E-state index contributed by atoms with van der Waals surface area (Å²) in [5, 5.41) is 3.03. The lowest BCUT2D eigenvalue weighted by atomic mass is 9.88. The zero-order valence-electron chi connectivity index (χ0n) is 9.09. The smallest absolute Gasteiger partial charge is 0.0273 e. The van der Waals surface area contributed by atoms with Crippen LogP contribution in [0, 0.1) is 0 Å². The van der Waals surface area contributed by atoms with Crippen molar-refractivity contribution in [3.8, 4) is 0 Å². The third-order valence-electron chi connectivity index (χ3n) is 2.95. The number of aryl methyl sites for hydroxylation is 1. The molecule has 0 saturated heterocycles. The van der Waals surface area contributed by atoms with Gasteiger partial charge in [0.15, 0.2) is 0 Å². The SMILES string of the molecule is CN/C=C(\S)c1cccc2c1CCCC2. The fourth-order valence-corrected chi connectivity index (χ4v) is 2.57. The molecule has 0 radical (unpaired) electrons. The number of thiol groups is 1. The van der Waals surface area contributed by atoms with E-state index in [0.717, 1.165) is 4.91 Å². The summed E-state index contributed by atoms with van der Waals surface area (Å²) in [6.07, 6.45) is 7.02. The molecule has 0 fully saturated rings. The summed E-state index contributed by atoms with van der Waals surface area (Å²) < 4.78 is 0. The van der Waals surface area contributed by atoms with Gasteiger partial charge < -0.3 is 5.32 Å². The molecule has 1 N–H and O–H groups in total. The highest BCUT2D eigenvalue weighted by atomic mass is 32.1. The first kappa shape index (κ1) is 10.6. The van der Waals surface area contributed by atoms with E-state index in [2.05, 4.69) is 36.1 Å². The molecule has 1 aliphatic rings. The second kappa shape index (κ2) is 4.75. The van der Waals surface area contributed by atoms with Gasteiger partial charge in [0, 0.05) is 18.2 Å². The first-order valence-electron chi connectivity index (χ1n) is 5.50. The minimum absolute atomic E-state index is 1.04. The number of hydrogen-bond donors (Lipinski definition) is 2. The Morgan fingerprint density at radius 3 is 2.93 bits per heavy atom. The van der Waals surface area contributed by atoms with Crippen molar-refractivity contribution < 1.29 is 0 Å². The van der Waals surface area contributed by atoms with E-state index in [4.69, 9.17) is 0 Å². The summed E-state index contributed by atoms with van der Waals surface area (Å²) in [5.74, 6) is 0. The fraction of sp³-hybridized carbons (Fsp3) is 0.385. The van der Waals surface area contributed by atoms with Crippen LogP contribution in [-0.2, 0) is 12.8 Å². The van der Waals surface area contributed by atoms with Crippen molar-refractivity contribution in [2.45, 2.75) is 25.7 Å². The zero-order chi connectivity index (χ0) is 10.7. The lowest BCUT2D eigenvalue weighted by Crippen LogP contribution is -2.05. The number of benzene rings is 1. The van der Waals surface area contributed by atoms with Gasteiger partial charge in [-0.05, 0) is 42.4 Å². The Bertz CT molecular complexity index is 382. The molecule has 1 aromatic carbocycles. The maximum atomic E-state index is 4.53. The van der Waals surface area contributed by atoms with Gasteiger partial charge in [0.25, 0.3) is 0 Å². The number of fused-ring (bicyclic) bond motifs is 1. The van der Waals surface area contributed by atoms with Crippen molar-refractivity contribution in [2.24, 2.45) is 0 Å². The van der Waals surface area contributed by atoms with E-state index in [-0.39, 0.29) is 0 Å². The van der Waals surface area contributed by atoms with E-state index in [9.17, 15) is 0 Å². The van der Waals surface area contributed by atoms with E-state index in [0.29, 0.717) is 0 Å². The van der Waals surface area contributed by atoms with Crippen LogP contribution >= 0.6 is 12.6 Å². The Labute approximate surface area is 97.0 Å². The summed E-state index contributed by atoms with van der Waals surface area (Å²) in [5.41, 5.74) is 4.31. The van der Waals surface area contributed by atoms with Crippen LogP contribution in [0.15, 0.2) is 24.4 Å². The molecule has 0 unspecified atom stereocenters. The van der Waals surface area contributed by atoms with Gasteiger partial charge in [-0.3, -0.25) is 0 Å². The van der Waals surface area contributed by atoms with Gasteiger partial charge in [-0.15, -0.1) is 12.6 Å². The minimum Gasteiger partial charge on any atom is -0.393 e. The van der Waals surface area contributed by atoms with Crippen LogP contribution in [0.2, 0.25) is 0 Å². The van der Waals surface area contributed by atoms with Gasteiger partial charge in [0.1, 0.15) is 0 Å². The van der Waals surface area contributed by atoms with E-state index < -0.39 is 0 Å². The molecule has 0 saturated carbocycles. The van der Waals surface area contributed by atoms with Crippen molar-refractivity contribution in [2.75, 3.05) is 7.05 Å². The number of nitrogens with one attached hydrogen (secondary N) is 1. The van der Waals surface area contributed by atoms with Crippen LogP contribution in [0.3, 0.4) is 0 Å². The van der Waals surface area contributed by atoms with Gasteiger partial charge in [0.05, 0.1) is 0 Å². The Kier molecular flexibility index (Phi) is 3.37. The predicted molar refractivity (Wildman–Crippen MR) is 69.1 cm³/mol. The fourth-order valence-electron chi connectivity index (χ4n) is 2.24. The Morgan fingerprint density at radius 1 is 1.33 bits per heavy atom. The average molecular weight is 219 g/mol. The largest absolute Gasteiger partial charge is 0.393 e. The quantitative estimate of drug-likeness (QED) is 0.729. The van der Waals surface area contributed by atoms with Crippen LogP contribution in [0.25, 0.3) is 4.91 Å². The predicted octanol–water partition coefficient (Wildman–Crippen LogP) is 3.01. The Balaban J connectivity index is 2.43. The second-order valence-corrected chi connectivity index (χ2v) is 4.45. The third-order valence-corrected chi connectivity index (χ3v) is 3.32. The van der Waals surface area contributed by atoms with Gasteiger partial charge in [-0.25, -0.2) is 0 Å². The van der Waals surface area contributed by atoms with E-state index in [1.54, 1.807) is 0 Å². The Hall–Kier alpha value is -0.890. The molecule has 0 aromatic heterocycles. The van der Waals surface area contributed by atoms with Crippen molar-refractivity contribution in [1.29, 1.82) is 0 Å². The summed E-state index contributed by atoms with van der Waals surface area (Å²) >= 11 is 4.53. The van der Waals surface area contributed by atoms with Gasteiger partial charge in [0.2, 0.25) is 0 Å². The highest BCUT2D eigenvalue weighted by Crippen LogP contribution is 2.29. The molecule has 0 amide bonds. The molecular weight excluding hydrogens is 202 g/mol. The van der Waals surface area contributed by atoms with Gasteiger partial charge in [-0.1, -0.05) is 18.2 Å². The molecule has 0 spiro atoms. The molecule has 80 valence electrons. The third kappa shape index (κ3) is 2.20. The second-order valence-electron chi connectivity index (χ2n) is 3.97. The molecule has 0 heterocycles. The first-order chi connectivity index (χ1) is 7.33. The first-order valence-corrected chi connectivity index (χ1v) is 5.95. The number of rotatable bonds is 2. The van der Waals surface area contributed by atoms with Crippen molar-refractivity contribution in [3.05, 3.63) is 41.1 Å². The molecule has 0 bridgehead atoms. The van der Waals surface area contributed by atoms with E-state index >= 15 is 0 Å². The maximum absolute atomic E-state index is 4.53. The molecular formula is C13H17NS. The van der Waals surface area contributed by atoms with E-state index in [1.807, 2.05) is 13.2 Å². The summed E-state index contributed by atoms with van der Waals surface area (Å²) in [7, 11) is 1.91. The molecule has 0 atom stereocenters. The van der Waals surface area contributed by atoms with Crippen LogP contribution < -0.4 is 5.32 Å². The lowest BCUT2D eigenvalue weighted by Gasteiger charge is -2.19. The maximum Gasteiger partial charge on any atom is 0.0273 e. The van der Waals surface area contributed by atoms with Crippen molar-refractivity contribution in [3.63, 3.8) is 0 Å². The van der Waals surface area contributed by atoms with Crippen LogP contribution in [0.1, 0.15) is 29.5 Å². The average Bonchev–Trinajstić information content (AvgIpc) is 2.28. The highest BCUT2D eigenvalue weighted by molar-refractivity contribution is 7.90. The standard InChI is InChI=1S/C13H17NS/c1-14-9-13(15)12-8-4-6-10-5-2-3-7-11(10)12/h4,6,8-9,14-15H,2-3,5,7H2,1H3/b13-9-. The van der Waals surface area contributed by atoms with E-state index in [1.165, 1.54) is 42.4 Å². The lowest BCUT2D eigenvalue weighted by molar-refractivity contribution is 0.684. The topological polar surface area (TPSA) is 12.0 Å². The summed E-state index contributed by atoms with van der Waals surface area (Å²) in [6.45, 7) is 0. The molecule has 1 nitrogen and oxygen atoms in total. The highest BCUT2D eigenvalue weighted by Gasteiger charge is 2.13. The molecule has 15 heavy (non-hydrogen) atoms. The zero-order valence-corrected chi connectivity index (χ0v) is 9.98. The van der Waals surface area contributed by atoms with Crippen LogP contribution in [-0.4, -0.2) is 7.05 Å². The van der Waals surface area contributed by atoms with Crippen molar-refractivity contribution in [1.82, 2.24) is 5.32 Å². The monoisotopic (exact) mass is 219 g/mol.